The molecule has 0 radical (unpaired) electrons. The molecule has 0 bridgehead atoms. The van der Waals surface area contributed by atoms with Crippen LogP contribution in [0.15, 0.2) is 36.4 Å². The molecule has 0 atom stereocenters. The number of fused-ring (bicyclic) bond motifs is 1. The molecule has 0 saturated heterocycles. The van der Waals surface area contributed by atoms with Gasteiger partial charge in [-0.3, -0.25) is 4.57 Å². The predicted octanol–water partition coefficient (Wildman–Crippen LogP) is 2.49. The molecular weight excluding hydrogens is 269 g/mol. The zero-order valence-electron chi connectivity index (χ0n) is 10.7. The highest BCUT2D eigenvalue weighted by atomic mass is 19.1. The standard InChI is InChI=1S/C15H8FN5/c16-12-5-4-11(6-10(12)8-18)21-13-3-1-2-9(7-17)14(13)20-15(21)19/h1-6H,(H2,19,20). The van der Waals surface area contributed by atoms with Crippen LogP contribution in [0.2, 0.25) is 0 Å². The predicted molar refractivity (Wildman–Crippen MR) is 74.9 cm³/mol. The van der Waals surface area contributed by atoms with Gasteiger partial charge in [0.25, 0.3) is 0 Å². The van der Waals surface area contributed by atoms with E-state index in [9.17, 15) is 4.39 Å². The fourth-order valence-corrected chi connectivity index (χ4v) is 2.22. The number of aromatic nitrogens is 2. The molecule has 0 aliphatic rings. The Hall–Kier alpha value is -3.38. The van der Waals surface area contributed by atoms with Crippen molar-refractivity contribution < 1.29 is 4.39 Å². The van der Waals surface area contributed by atoms with Crippen LogP contribution >= 0.6 is 0 Å². The lowest BCUT2D eigenvalue weighted by atomic mass is 10.2. The van der Waals surface area contributed by atoms with Crippen LogP contribution in [-0.4, -0.2) is 9.55 Å². The number of rotatable bonds is 1. The number of benzene rings is 2. The Kier molecular flexibility index (Phi) is 2.78. The third-order valence-electron chi connectivity index (χ3n) is 3.16. The van der Waals surface area contributed by atoms with Crippen molar-refractivity contribution in [3.05, 3.63) is 53.3 Å². The Morgan fingerprint density at radius 1 is 1.10 bits per heavy atom. The Morgan fingerprint density at radius 3 is 2.57 bits per heavy atom. The number of para-hydroxylation sites is 1. The Balaban J connectivity index is 2.34. The van der Waals surface area contributed by atoms with Gasteiger partial charge in [0.05, 0.1) is 22.3 Å². The monoisotopic (exact) mass is 277 g/mol. The number of halogens is 1. The van der Waals surface area contributed by atoms with Gasteiger partial charge in [-0.25, -0.2) is 9.37 Å². The van der Waals surface area contributed by atoms with Crippen LogP contribution < -0.4 is 5.73 Å². The van der Waals surface area contributed by atoms with Crippen molar-refractivity contribution in [2.45, 2.75) is 0 Å². The van der Waals surface area contributed by atoms with Crippen LogP contribution in [0.3, 0.4) is 0 Å². The quantitative estimate of drug-likeness (QED) is 0.739. The second-order valence-corrected chi connectivity index (χ2v) is 4.37. The van der Waals surface area contributed by atoms with Crippen molar-refractivity contribution in [2.24, 2.45) is 0 Å². The summed E-state index contributed by atoms with van der Waals surface area (Å²) in [5, 5.41) is 18.0. The SMILES string of the molecule is N#Cc1cc(-n2c(N)nc3c(C#N)cccc32)ccc1F. The van der Waals surface area contributed by atoms with E-state index in [4.69, 9.17) is 16.3 Å². The lowest BCUT2D eigenvalue weighted by Crippen LogP contribution is -2.01. The second-order valence-electron chi connectivity index (χ2n) is 4.37. The van der Waals surface area contributed by atoms with Gasteiger partial charge in [-0.1, -0.05) is 6.07 Å². The van der Waals surface area contributed by atoms with Crippen LogP contribution in [0.4, 0.5) is 10.3 Å². The van der Waals surface area contributed by atoms with E-state index in [1.165, 1.54) is 18.2 Å². The van der Waals surface area contributed by atoms with Crippen molar-refractivity contribution in [3.8, 4) is 17.8 Å². The molecule has 0 spiro atoms. The van der Waals surface area contributed by atoms with E-state index in [-0.39, 0.29) is 11.5 Å². The van der Waals surface area contributed by atoms with E-state index in [1.54, 1.807) is 28.8 Å². The van der Waals surface area contributed by atoms with E-state index in [0.29, 0.717) is 22.3 Å². The summed E-state index contributed by atoms with van der Waals surface area (Å²) in [6.45, 7) is 0. The lowest BCUT2D eigenvalue weighted by molar-refractivity contribution is 0.623. The summed E-state index contributed by atoms with van der Waals surface area (Å²) in [4.78, 5) is 4.18. The molecule has 2 N–H and O–H groups in total. The summed E-state index contributed by atoms with van der Waals surface area (Å²) in [6.07, 6.45) is 0. The molecule has 3 rings (SSSR count). The van der Waals surface area contributed by atoms with E-state index < -0.39 is 5.82 Å². The van der Waals surface area contributed by atoms with Crippen molar-refractivity contribution >= 4 is 17.0 Å². The number of imidazole rings is 1. The molecule has 100 valence electrons. The van der Waals surface area contributed by atoms with Gasteiger partial charge in [-0.2, -0.15) is 10.5 Å². The number of nitriles is 2. The fourth-order valence-electron chi connectivity index (χ4n) is 2.22. The first kappa shape index (κ1) is 12.6. The molecule has 0 saturated carbocycles. The van der Waals surface area contributed by atoms with E-state index in [0.717, 1.165) is 0 Å². The summed E-state index contributed by atoms with van der Waals surface area (Å²) in [7, 11) is 0. The zero-order chi connectivity index (χ0) is 15.0. The molecule has 21 heavy (non-hydrogen) atoms. The van der Waals surface area contributed by atoms with Crippen LogP contribution in [0.5, 0.6) is 0 Å². The van der Waals surface area contributed by atoms with E-state index >= 15 is 0 Å². The number of hydrogen-bond donors (Lipinski definition) is 1. The van der Waals surface area contributed by atoms with Gasteiger partial charge in [0.1, 0.15) is 23.5 Å². The largest absolute Gasteiger partial charge is 0.369 e. The molecule has 1 heterocycles. The lowest BCUT2D eigenvalue weighted by Gasteiger charge is -2.07. The first-order chi connectivity index (χ1) is 10.2. The molecule has 0 unspecified atom stereocenters. The third kappa shape index (κ3) is 1.87. The number of anilines is 1. The summed E-state index contributed by atoms with van der Waals surface area (Å²) >= 11 is 0. The first-order valence-corrected chi connectivity index (χ1v) is 6.02. The molecule has 1 aromatic heterocycles. The number of nitrogen functional groups attached to an aromatic ring is 1. The maximum atomic E-state index is 13.4. The summed E-state index contributed by atoms with van der Waals surface area (Å²) < 4.78 is 15.0. The highest BCUT2D eigenvalue weighted by Crippen LogP contribution is 2.26. The Morgan fingerprint density at radius 2 is 1.86 bits per heavy atom. The molecular formula is C15H8FN5. The molecule has 0 aliphatic heterocycles. The minimum atomic E-state index is -0.595. The number of nitrogens with zero attached hydrogens (tertiary/aromatic N) is 4. The minimum Gasteiger partial charge on any atom is -0.369 e. The van der Waals surface area contributed by atoms with Crippen LogP contribution in [0.1, 0.15) is 11.1 Å². The average molecular weight is 277 g/mol. The summed E-state index contributed by atoms with van der Waals surface area (Å²) in [6, 6.07) is 13.1. The topological polar surface area (TPSA) is 91.4 Å². The van der Waals surface area contributed by atoms with Gasteiger partial charge in [0.15, 0.2) is 0 Å². The molecule has 0 amide bonds. The molecule has 3 aromatic rings. The van der Waals surface area contributed by atoms with Crippen molar-refractivity contribution in [1.29, 1.82) is 10.5 Å². The van der Waals surface area contributed by atoms with Crippen LogP contribution in [-0.2, 0) is 0 Å². The smallest absolute Gasteiger partial charge is 0.205 e. The zero-order valence-corrected chi connectivity index (χ0v) is 10.7. The van der Waals surface area contributed by atoms with Crippen molar-refractivity contribution in [1.82, 2.24) is 9.55 Å². The normalized spacial score (nSPS) is 10.2. The van der Waals surface area contributed by atoms with Gasteiger partial charge in [-0.05, 0) is 30.3 Å². The van der Waals surface area contributed by atoms with E-state index in [2.05, 4.69) is 4.98 Å². The van der Waals surface area contributed by atoms with Gasteiger partial charge >= 0.3 is 0 Å². The van der Waals surface area contributed by atoms with Gasteiger partial charge < -0.3 is 5.73 Å². The maximum absolute atomic E-state index is 13.4. The van der Waals surface area contributed by atoms with Gasteiger partial charge in [0, 0.05) is 0 Å². The Labute approximate surface area is 119 Å². The van der Waals surface area contributed by atoms with Crippen molar-refractivity contribution in [3.63, 3.8) is 0 Å². The molecule has 0 aliphatic carbocycles. The second kappa shape index (κ2) is 4.62. The van der Waals surface area contributed by atoms with Crippen LogP contribution in [0.25, 0.3) is 16.7 Å². The molecule has 0 fully saturated rings. The highest BCUT2D eigenvalue weighted by Gasteiger charge is 2.14. The summed E-state index contributed by atoms with van der Waals surface area (Å²) in [5.74, 6) is -0.426. The third-order valence-corrected chi connectivity index (χ3v) is 3.16. The average Bonchev–Trinajstić information content (AvgIpc) is 2.83. The number of hydrogen-bond acceptors (Lipinski definition) is 4. The molecule has 2 aromatic carbocycles. The number of nitrogens with two attached hydrogens (primary N) is 1. The fraction of sp³-hybridized carbons (Fsp3) is 0. The molecule has 6 heteroatoms. The van der Waals surface area contributed by atoms with Crippen LogP contribution in [0, 0.1) is 28.5 Å². The minimum absolute atomic E-state index is 0.0785. The summed E-state index contributed by atoms with van der Waals surface area (Å²) in [5.41, 5.74) is 7.85. The van der Waals surface area contributed by atoms with Gasteiger partial charge in [-0.15, -0.1) is 0 Å². The highest BCUT2D eigenvalue weighted by molar-refractivity contribution is 5.85. The molecule has 5 nitrogen and oxygen atoms in total. The Bertz CT molecular complexity index is 943. The van der Waals surface area contributed by atoms with Gasteiger partial charge in [0.2, 0.25) is 5.95 Å². The first-order valence-electron chi connectivity index (χ1n) is 6.02. The van der Waals surface area contributed by atoms with E-state index in [1.807, 2.05) is 6.07 Å². The van der Waals surface area contributed by atoms with Crippen molar-refractivity contribution in [2.75, 3.05) is 5.73 Å². The maximum Gasteiger partial charge on any atom is 0.205 e.